The summed E-state index contributed by atoms with van der Waals surface area (Å²) in [6.45, 7) is 2.04. The Morgan fingerprint density at radius 2 is 1.85 bits per heavy atom. The molecule has 3 aromatic rings. The molecule has 0 aliphatic rings. The molecular weight excluding hydrogens is 318 g/mol. The molecule has 0 saturated carbocycles. The Morgan fingerprint density at radius 3 is 2.65 bits per heavy atom. The quantitative estimate of drug-likeness (QED) is 0.675. The van der Waals surface area contributed by atoms with Gasteiger partial charge in [-0.2, -0.15) is 0 Å². The van der Waals surface area contributed by atoms with E-state index in [1.807, 2.05) is 43.3 Å². The second-order valence-corrected chi connectivity index (χ2v) is 5.78. The minimum atomic E-state index is -0.227. The number of aryl methyl sites for hydroxylation is 1. The first-order valence-electron chi connectivity index (χ1n) is 6.28. The highest BCUT2D eigenvalue weighted by molar-refractivity contribution is 9.10. The van der Waals surface area contributed by atoms with Crippen LogP contribution in [0.25, 0.3) is 11.0 Å². The standard InChI is InChI=1S/C15H14BrN3O/c1-8-2-4-10(16)7-11(8)14(17)9-3-5-12-13(6-9)19-15(20)18-12/h2-7,14H,17H2,1H3,(H2,18,19,20). The summed E-state index contributed by atoms with van der Waals surface area (Å²) in [5, 5.41) is 0. The van der Waals surface area contributed by atoms with Crippen molar-refractivity contribution < 1.29 is 0 Å². The summed E-state index contributed by atoms with van der Waals surface area (Å²) in [7, 11) is 0. The lowest BCUT2D eigenvalue weighted by Gasteiger charge is -2.15. The molecule has 0 aliphatic carbocycles. The maximum Gasteiger partial charge on any atom is 0.323 e. The number of H-pyrrole nitrogens is 2. The largest absolute Gasteiger partial charge is 0.323 e. The molecular formula is C15H14BrN3O. The van der Waals surface area contributed by atoms with Gasteiger partial charge in [-0.05, 0) is 47.9 Å². The summed E-state index contributed by atoms with van der Waals surface area (Å²) in [6, 6.07) is 11.6. The van der Waals surface area contributed by atoms with Crippen molar-refractivity contribution >= 4 is 27.0 Å². The molecule has 1 heterocycles. The van der Waals surface area contributed by atoms with Crippen LogP contribution in [0.5, 0.6) is 0 Å². The monoisotopic (exact) mass is 331 g/mol. The van der Waals surface area contributed by atoms with Crippen molar-refractivity contribution in [3.63, 3.8) is 0 Å². The molecule has 0 aliphatic heterocycles. The molecule has 0 amide bonds. The average molecular weight is 332 g/mol. The molecule has 5 heteroatoms. The van der Waals surface area contributed by atoms with Crippen molar-refractivity contribution in [1.82, 2.24) is 9.97 Å². The lowest BCUT2D eigenvalue weighted by Crippen LogP contribution is -2.13. The number of hydrogen-bond acceptors (Lipinski definition) is 2. The zero-order valence-corrected chi connectivity index (χ0v) is 12.5. The third-order valence-electron chi connectivity index (χ3n) is 3.48. The Hall–Kier alpha value is -1.85. The highest BCUT2D eigenvalue weighted by atomic mass is 79.9. The van der Waals surface area contributed by atoms with Crippen LogP contribution in [0.4, 0.5) is 0 Å². The lowest BCUT2D eigenvalue weighted by atomic mass is 9.95. The van der Waals surface area contributed by atoms with Crippen molar-refractivity contribution in [1.29, 1.82) is 0 Å². The van der Waals surface area contributed by atoms with Crippen LogP contribution >= 0.6 is 15.9 Å². The third-order valence-corrected chi connectivity index (χ3v) is 3.97. The van der Waals surface area contributed by atoms with Crippen molar-refractivity contribution in [2.45, 2.75) is 13.0 Å². The number of imidazole rings is 1. The molecule has 102 valence electrons. The Balaban J connectivity index is 2.09. The van der Waals surface area contributed by atoms with Crippen LogP contribution in [0.15, 0.2) is 45.7 Å². The maximum atomic E-state index is 11.3. The molecule has 1 unspecified atom stereocenters. The average Bonchev–Trinajstić information content (AvgIpc) is 2.79. The molecule has 0 fully saturated rings. The van der Waals surface area contributed by atoms with Crippen LogP contribution < -0.4 is 11.4 Å². The van der Waals surface area contributed by atoms with Gasteiger partial charge in [0.1, 0.15) is 0 Å². The van der Waals surface area contributed by atoms with Gasteiger partial charge in [-0.15, -0.1) is 0 Å². The zero-order chi connectivity index (χ0) is 14.3. The molecule has 0 radical (unpaired) electrons. The molecule has 2 aromatic carbocycles. The third kappa shape index (κ3) is 2.30. The minimum absolute atomic E-state index is 0.204. The van der Waals surface area contributed by atoms with Crippen LogP contribution in [0.3, 0.4) is 0 Å². The van der Waals surface area contributed by atoms with Gasteiger partial charge in [-0.3, -0.25) is 0 Å². The summed E-state index contributed by atoms with van der Waals surface area (Å²) in [5.74, 6) is 0. The number of halogens is 1. The number of benzene rings is 2. The lowest BCUT2D eigenvalue weighted by molar-refractivity contribution is 0.862. The predicted molar refractivity (Wildman–Crippen MR) is 83.8 cm³/mol. The summed E-state index contributed by atoms with van der Waals surface area (Å²) in [4.78, 5) is 16.8. The number of aromatic amines is 2. The second-order valence-electron chi connectivity index (χ2n) is 4.86. The molecule has 4 N–H and O–H groups in total. The van der Waals surface area contributed by atoms with Crippen LogP contribution in [0.1, 0.15) is 22.7 Å². The number of hydrogen-bond donors (Lipinski definition) is 3. The first-order valence-corrected chi connectivity index (χ1v) is 7.07. The van der Waals surface area contributed by atoms with Gasteiger partial charge in [-0.1, -0.05) is 28.1 Å². The van der Waals surface area contributed by atoms with Gasteiger partial charge in [0.25, 0.3) is 0 Å². The predicted octanol–water partition coefficient (Wildman–Crippen LogP) is 2.98. The van der Waals surface area contributed by atoms with E-state index < -0.39 is 0 Å². The summed E-state index contributed by atoms with van der Waals surface area (Å²) < 4.78 is 1.00. The Bertz CT molecular complexity index is 834. The second kappa shape index (κ2) is 4.92. The number of rotatable bonds is 2. The Kier molecular flexibility index (Phi) is 3.23. The van der Waals surface area contributed by atoms with E-state index in [4.69, 9.17) is 5.73 Å². The smallest absolute Gasteiger partial charge is 0.320 e. The Labute approximate surface area is 124 Å². The van der Waals surface area contributed by atoms with Crippen molar-refractivity contribution in [3.8, 4) is 0 Å². The molecule has 0 saturated heterocycles. The number of fused-ring (bicyclic) bond motifs is 1. The van der Waals surface area contributed by atoms with Crippen molar-refractivity contribution in [2.75, 3.05) is 0 Å². The summed E-state index contributed by atoms with van der Waals surface area (Å²) in [6.07, 6.45) is 0. The van der Waals surface area contributed by atoms with Crippen molar-refractivity contribution in [3.05, 3.63) is 68.0 Å². The van der Waals surface area contributed by atoms with Gasteiger partial charge in [0.15, 0.2) is 0 Å². The molecule has 20 heavy (non-hydrogen) atoms. The number of nitrogens with one attached hydrogen (secondary N) is 2. The number of aromatic nitrogens is 2. The van der Waals surface area contributed by atoms with Crippen LogP contribution in [0.2, 0.25) is 0 Å². The fourth-order valence-corrected chi connectivity index (χ4v) is 2.75. The number of nitrogens with two attached hydrogens (primary N) is 1. The molecule has 1 atom stereocenters. The fourth-order valence-electron chi connectivity index (χ4n) is 2.37. The van der Waals surface area contributed by atoms with E-state index in [1.165, 1.54) is 0 Å². The van der Waals surface area contributed by atoms with E-state index in [2.05, 4.69) is 25.9 Å². The topological polar surface area (TPSA) is 74.7 Å². The van der Waals surface area contributed by atoms with Gasteiger partial charge < -0.3 is 15.7 Å². The van der Waals surface area contributed by atoms with Gasteiger partial charge in [0.2, 0.25) is 0 Å². The van der Waals surface area contributed by atoms with E-state index >= 15 is 0 Å². The van der Waals surface area contributed by atoms with Gasteiger partial charge in [0.05, 0.1) is 17.1 Å². The van der Waals surface area contributed by atoms with E-state index in [1.54, 1.807) is 0 Å². The SMILES string of the molecule is Cc1ccc(Br)cc1C(N)c1ccc2[nH]c(=O)[nH]c2c1. The maximum absolute atomic E-state index is 11.3. The van der Waals surface area contributed by atoms with Gasteiger partial charge in [-0.25, -0.2) is 4.79 Å². The Morgan fingerprint density at radius 1 is 1.10 bits per heavy atom. The van der Waals surface area contributed by atoms with E-state index in [-0.39, 0.29) is 11.7 Å². The molecule has 0 spiro atoms. The fraction of sp³-hybridized carbons (Fsp3) is 0.133. The highest BCUT2D eigenvalue weighted by Gasteiger charge is 2.13. The minimum Gasteiger partial charge on any atom is -0.320 e. The summed E-state index contributed by atoms with van der Waals surface area (Å²) in [5.41, 5.74) is 10.9. The first kappa shape index (κ1) is 13.1. The molecule has 4 nitrogen and oxygen atoms in total. The van der Waals surface area contributed by atoms with Crippen LogP contribution in [-0.2, 0) is 0 Å². The van der Waals surface area contributed by atoms with Gasteiger partial charge in [0, 0.05) is 4.47 Å². The molecule has 3 rings (SSSR count). The highest BCUT2D eigenvalue weighted by Crippen LogP contribution is 2.26. The van der Waals surface area contributed by atoms with E-state index in [0.717, 1.165) is 32.2 Å². The normalized spacial score (nSPS) is 12.8. The van der Waals surface area contributed by atoms with Crippen molar-refractivity contribution in [2.24, 2.45) is 5.73 Å². The van der Waals surface area contributed by atoms with Crippen LogP contribution in [0, 0.1) is 6.92 Å². The molecule has 0 bridgehead atoms. The first-order chi connectivity index (χ1) is 9.54. The summed E-state index contributed by atoms with van der Waals surface area (Å²) >= 11 is 3.47. The van der Waals surface area contributed by atoms with Gasteiger partial charge >= 0.3 is 5.69 Å². The van der Waals surface area contributed by atoms with E-state index in [9.17, 15) is 4.79 Å². The molecule has 1 aromatic heterocycles. The van der Waals surface area contributed by atoms with Crippen LogP contribution in [-0.4, -0.2) is 9.97 Å². The van der Waals surface area contributed by atoms with E-state index in [0.29, 0.717) is 0 Å². The zero-order valence-electron chi connectivity index (χ0n) is 10.9.